The number of aromatic nitrogens is 2. The van der Waals surface area contributed by atoms with Gasteiger partial charge in [-0.15, -0.1) is 0 Å². The maximum absolute atomic E-state index is 13.8. The number of benzene rings is 2. The van der Waals surface area contributed by atoms with Crippen LogP contribution in [0.1, 0.15) is 29.0 Å². The van der Waals surface area contributed by atoms with Crippen LogP contribution in [0.2, 0.25) is 0 Å². The van der Waals surface area contributed by atoms with E-state index in [0.29, 0.717) is 30.4 Å². The number of halogens is 1. The van der Waals surface area contributed by atoms with Gasteiger partial charge in [0.15, 0.2) is 0 Å². The number of ether oxygens (including phenoxy) is 1. The quantitative estimate of drug-likeness (QED) is 0.411. The van der Waals surface area contributed by atoms with Crippen LogP contribution in [0.5, 0.6) is 11.6 Å². The fourth-order valence-electron chi connectivity index (χ4n) is 3.46. The number of furan rings is 1. The summed E-state index contributed by atoms with van der Waals surface area (Å²) in [5.74, 6) is 1.03. The molecule has 0 aliphatic carbocycles. The van der Waals surface area contributed by atoms with Crippen molar-refractivity contribution in [3.05, 3.63) is 95.3 Å². The molecule has 4 rings (SSSR count). The molecule has 2 heterocycles. The highest BCUT2D eigenvalue weighted by Gasteiger charge is 2.21. The van der Waals surface area contributed by atoms with Crippen molar-refractivity contribution in [2.24, 2.45) is 0 Å². The van der Waals surface area contributed by atoms with Gasteiger partial charge in [-0.3, -0.25) is 4.79 Å². The zero-order valence-corrected chi connectivity index (χ0v) is 18.0. The van der Waals surface area contributed by atoms with Crippen LogP contribution in [-0.2, 0) is 17.8 Å². The minimum absolute atomic E-state index is 0.110. The minimum atomic E-state index is -0.389. The third-order valence-corrected chi connectivity index (χ3v) is 5.13. The van der Waals surface area contributed by atoms with Crippen molar-refractivity contribution in [3.8, 4) is 17.3 Å². The average Bonchev–Trinajstić information content (AvgIpc) is 3.39. The first-order valence-corrected chi connectivity index (χ1v) is 10.4. The van der Waals surface area contributed by atoms with Gasteiger partial charge < -0.3 is 14.5 Å². The first-order valence-electron chi connectivity index (χ1n) is 10.4. The van der Waals surface area contributed by atoms with Crippen LogP contribution in [0.3, 0.4) is 0 Å². The third-order valence-electron chi connectivity index (χ3n) is 5.13. The van der Waals surface area contributed by atoms with Crippen LogP contribution < -0.4 is 10.1 Å². The van der Waals surface area contributed by atoms with Gasteiger partial charge in [-0.1, -0.05) is 24.3 Å². The summed E-state index contributed by atoms with van der Waals surface area (Å²) < 4.78 is 26.8. The molecule has 32 heavy (non-hydrogen) atoms. The predicted octanol–water partition coefficient (Wildman–Crippen LogP) is 5.26. The molecule has 2 aromatic carbocycles. The molecular weight excluding hydrogens is 409 g/mol. The fourth-order valence-corrected chi connectivity index (χ4v) is 3.46. The molecule has 0 radical (unpaired) electrons. The molecule has 0 bridgehead atoms. The fraction of sp³-hybridized carbons (Fsp3) is 0.200. The van der Waals surface area contributed by atoms with Crippen molar-refractivity contribution in [3.63, 3.8) is 0 Å². The predicted molar refractivity (Wildman–Crippen MR) is 118 cm³/mol. The number of rotatable bonds is 8. The zero-order chi connectivity index (χ0) is 22.5. The van der Waals surface area contributed by atoms with Crippen molar-refractivity contribution in [1.82, 2.24) is 15.1 Å². The second-order valence-electron chi connectivity index (χ2n) is 7.48. The third kappa shape index (κ3) is 4.88. The molecule has 2 aromatic heterocycles. The molecule has 7 heteroatoms. The Bertz CT molecular complexity index is 1220. The number of para-hydroxylation sites is 1. The van der Waals surface area contributed by atoms with Gasteiger partial charge >= 0.3 is 0 Å². The molecule has 1 N–H and O–H groups in total. The van der Waals surface area contributed by atoms with Crippen molar-refractivity contribution in [2.45, 2.75) is 33.2 Å². The topological polar surface area (TPSA) is 69.3 Å². The number of amides is 1. The van der Waals surface area contributed by atoms with Gasteiger partial charge in [0, 0.05) is 18.1 Å². The summed E-state index contributed by atoms with van der Waals surface area (Å²) in [6.45, 7) is 4.20. The van der Waals surface area contributed by atoms with Gasteiger partial charge in [-0.2, -0.15) is 9.78 Å². The molecule has 0 unspecified atom stereocenters. The second-order valence-corrected chi connectivity index (χ2v) is 7.48. The Balaban J connectivity index is 1.60. The number of hydrogen-bond acceptors (Lipinski definition) is 4. The van der Waals surface area contributed by atoms with Crippen LogP contribution in [0.15, 0.2) is 71.3 Å². The van der Waals surface area contributed by atoms with Crippen LogP contribution in [0.25, 0.3) is 5.69 Å². The van der Waals surface area contributed by atoms with E-state index >= 15 is 0 Å². The Morgan fingerprint density at radius 3 is 2.72 bits per heavy atom. The van der Waals surface area contributed by atoms with E-state index in [1.165, 1.54) is 12.1 Å². The summed E-state index contributed by atoms with van der Waals surface area (Å²) in [5, 5.41) is 7.52. The number of nitrogens with zero attached hydrogens (tertiary/aromatic N) is 2. The number of hydrogen-bond donors (Lipinski definition) is 1. The first kappa shape index (κ1) is 21.4. The van der Waals surface area contributed by atoms with Gasteiger partial charge in [-0.05, 0) is 56.2 Å². The highest BCUT2D eigenvalue weighted by atomic mass is 19.1. The maximum Gasteiger partial charge on any atom is 0.226 e. The van der Waals surface area contributed by atoms with E-state index in [4.69, 9.17) is 9.15 Å². The maximum atomic E-state index is 13.8. The van der Waals surface area contributed by atoms with Crippen molar-refractivity contribution in [1.29, 1.82) is 0 Å². The minimum Gasteiger partial charge on any atom is -0.467 e. The average molecular weight is 433 g/mol. The number of carbonyl (C=O) groups excluding carboxylic acids is 1. The summed E-state index contributed by atoms with van der Waals surface area (Å²) >= 11 is 0. The molecule has 164 valence electrons. The lowest BCUT2D eigenvalue weighted by atomic mass is 10.1. The summed E-state index contributed by atoms with van der Waals surface area (Å²) in [6.07, 6.45) is 2.24. The van der Waals surface area contributed by atoms with Gasteiger partial charge in [-0.25, -0.2) is 4.39 Å². The van der Waals surface area contributed by atoms with Crippen LogP contribution in [-0.4, -0.2) is 15.7 Å². The monoisotopic (exact) mass is 433 g/mol. The molecule has 1 amide bonds. The Hall–Kier alpha value is -3.87. The highest BCUT2D eigenvalue weighted by Crippen LogP contribution is 2.32. The van der Waals surface area contributed by atoms with E-state index in [1.807, 2.05) is 44.2 Å². The Morgan fingerprint density at radius 1 is 1.12 bits per heavy atom. The molecule has 0 saturated carbocycles. The van der Waals surface area contributed by atoms with Gasteiger partial charge in [0.2, 0.25) is 11.8 Å². The second kappa shape index (κ2) is 9.51. The number of carbonyl (C=O) groups is 1. The lowest BCUT2D eigenvalue weighted by Crippen LogP contribution is -2.22. The van der Waals surface area contributed by atoms with E-state index in [-0.39, 0.29) is 18.1 Å². The molecule has 0 aliphatic rings. The molecule has 0 spiro atoms. The standard InChI is InChI=1S/C25H24FN3O3/c1-17-7-3-4-11-23(17)29-25(32-20-9-5-8-19(26)15-20)22(18(2)28-29)12-13-24(30)27-16-21-10-6-14-31-21/h3-11,14-15H,12-13,16H2,1-2H3,(H,27,30). The van der Waals surface area contributed by atoms with Crippen molar-refractivity contribution in [2.75, 3.05) is 0 Å². The van der Waals surface area contributed by atoms with E-state index in [2.05, 4.69) is 10.4 Å². The molecule has 0 aliphatic heterocycles. The lowest BCUT2D eigenvalue weighted by molar-refractivity contribution is -0.121. The summed E-state index contributed by atoms with van der Waals surface area (Å²) in [5.41, 5.74) is 3.42. The summed E-state index contributed by atoms with van der Waals surface area (Å²) in [6, 6.07) is 17.4. The molecule has 4 aromatic rings. The van der Waals surface area contributed by atoms with Crippen molar-refractivity contribution < 1.29 is 18.3 Å². The molecular formula is C25H24FN3O3. The van der Waals surface area contributed by atoms with E-state index in [9.17, 15) is 9.18 Å². The number of nitrogens with one attached hydrogen (secondary N) is 1. The summed E-state index contributed by atoms with van der Waals surface area (Å²) in [4.78, 5) is 12.4. The molecule has 0 fully saturated rings. The Labute approximate surface area is 185 Å². The van der Waals surface area contributed by atoms with Crippen LogP contribution in [0.4, 0.5) is 4.39 Å². The smallest absolute Gasteiger partial charge is 0.226 e. The number of aryl methyl sites for hydroxylation is 2. The summed E-state index contributed by atoms with van der Waals surface area (Å²) in [7, 11) is 0. The van der Waals surface area contributed by atoms with Crippen molar-refractivity contribution >= 4 is 5.91 Å². The van der Waals surface area contributed by atoms with E-state index in [0.717, 1.165) is 22.5 Å². The molecule has 6 nitrogen and oxygen atoms in total. The lowest BCUT2D eigenvalue weighted by Gasteiger charge is -2.13. The van der Waals surface area contributed by atoms with E-state index < -0.39 is 0 Å². The van der Waals surface area contributed by atoms with E-state index in [1.54, 1.807) is 29.1 Å². The first-order chi connectivity index (χ1) is 15.5. The SMILES string of the molecule is Cc1ccccc1-n1nc(C)c(CCC(=O)NCc2ccco2)c1Oc1cccc(F)c1. The Kier molecular flexibility index (Phi) is 6.35. The largest absolute Gasteiger partial charge is 0.467 e. The zero-order valence-electron chi connectivity index (χ0n) is 18.0. The Morgan fingerprint density at radius 2 is 1.97 bits per heavy atom. The normalized spacial score (nSPS) is 10.8. The molecule has 0 saturated heterocycles. The van der Waals surface area contributed by atoms with Gasteiger partial charge in [0.1, 0.15) is 17.3 Å². The van der Waals surface area contributed by atoms with Crippen LogP contribution >= 0.6 is 0 Å². The van der Waals surface area contributed by atoms with Gasteiger partial charge in [0.25, 0.3) is 0 Å². The van der Waals surface area contributed by atoms with Crippen LogP contribution in [0, 0.1) is 19.7 Å². The molecule has 0 atom stereocenters. The highest BCUT2D eigenvalue weighted by molar-refractivity contribution is 5.76. The van der Waals surface area contributed by atoms with Gasteiger partial charge in [0.05, 0.1) is 24.2 Å².